The Hall–Kier alpha value is -0.790. The zero-order chi connectivity index (χ0) is 7.56. The van der Waals surface area contributed by atoms with Gasteiger partial charge in [-0.2, -0.15) is 5.10 Å². The Bertz CT molecular complexity index is 213. The molecular weight excluding hydrogens is 124 g/mol. The maximum Gasteiger partial charge on any atom is 0.0628 e. The zero-order valence-electron chi connectivity index (χ0n) is 6.76. The summed E-state index contributed by atoms with van der Waals surface area (Å²) < 4.78 is 1.95. The smallest absolute Gasteiger partial charge is 0.0628 e. The number of hydrogen-bond donors (Lipinski definition) is 0. The van der Waals surface area contributed by atoms with Gasteiger partial charge >= 0.3 is 0 Å². The van der Waals surface area contributed by atoms with Crippen molar-refractivity contribution >= 4 is 0 Å². The summed E-state index contributed by atoms with van der Waals surface area (Å²) in [7, 11) is 0. The Morgan fingerprint density at radius 3 is 2.70 bits per heavy atom. The monoisotopic (exact) mass is 137 g/mol. The van der Waals surface area contributed by atoms with E-state index in [2.05, 4.69) is 24.6 Å². The summed E-state index contributed by atoms with van der Waals surface area (Å²) in [6.45, 7) is 7.10. The van der Waals surface area contributed by atoms with Crippen molar-refractivity contribution in [2.45, 2.75) is 27.3 Å². The van der Waals surface area contributed by atoms with E-state index < -0.39 is 0 Å². The molecule has 1 radical (unpaired) electrons. The highest BCUT2D eigenvalue weighted by Crippen LogP contribution is 2.06. The topological polar surface area (TPSA) is 17.8 Å². The van der Waals surface area contributed by atoms with Gasteiger partial charge in [-0.3, -0.25) is 4.68 Å². The molecule has 0 atom stereocenters. The van der Waals surface area contributed by atoms with Gasteiger partial charge in [0, 0.05) is 12.7 Å². The van der Waals surface area contributed by atoms with E-state index in [0.717, 1.165) is 12.2 Å². The van der Waals surface area contributed by atoms with E-state index in [-0.39, 0.29) is 0 Å². The van der Waals surface area contributed by atoms with Crippen LogP contribution in [0.5, 0.6) is 0 Å². The van der Waals surface area contributed by atoms with E-state index in [0.29, 0.717) is 0 Å². The number of rotatable bonds is 2. The molecule has 2 nitrogen and oxygen atoms in total. The van der Waals surface area contributed by atoms with E-state index in [1.165, 1.54) is 5.56 Å². The minimum atomic E-state index is 0.953. The fourth-order valence-electron chi connectivity index (χ4n) is 0.979. The molecule has 2 heteroatoms. The van der Waals surface area contributed by atoms with Gasteiger partial charge in [0.25, 0.3) is 0 Å². The minimum absolute atomic E-state index is 0.953. The Balaban J connectivity index is 2.92. The Morgan fingerprint density at radius 2 is 2.40 bits per heavy atom. The molecular formula is C8H13N2. The number of aromatic nitrogens is 2. The second kappa shape index (κ2) is 2.86. The number of aryl methyl sites for hydroxylation is 2. The van der Waals surface area contributed by atoms with Crippen LogP contribution >= 0.6 is 0 Å². The number of hydrogen-bond acceptors (Lipinski definition) is 1. The van der Waals surface area contributed by atoms with Gasteiger partial charge in [-0.1, -0.05) is 6.92 Å². The van der Waals surface area contributed by atoms with Gasteiger partial charge in [0.2, 0.25) is 0 Å². The molecule has 0 aliphatic rings. The molecule has 10 heavy (non-hydrogen) atoms. The van der Waals surface area contributed by atoms with Crippen molar-refractivity contribution in [3.8, 4) is 0 Å². The molecule has 0 aromatic carbocycles. The molecule has 0 spiro atoms. The van der Waals surface area contributed by atoms with Crippen molar-refractivity contribution < 1.29 is 0 Å². The van der Waals surface area contributed by atoms with E-state index >= 15 is 0 Å². The van der Waals surface area contributed by atoms with E-state index in [9.17, 15) is 0 Å². The fraction of sp³-hybridized carbons (Fsp3) is 0.500. The Morgan fingerprint density at radius 1 is 1.70 bits per heavy atom. The molecule has 0 saturated carbocycles. The van der Waals surface area contributed by atoms with Crippen LogP contribution in [0.2, 0.25) is 0 Å². The highest BCUT2D eigenvalue weighted by molar-refractivity contribution is 5.22. The molecule has 0 bridgehead atoms. The fourth-order valence-corrected chi connectivity index (χ4v) is 0.979. The van der Waals surface area contributed by atoms with Crippen LogP contribution in [0.15, 0.2) is 6.20 Å². The van der Waals surface area contributed by atoms with Crippen LogP contribution in [0.3, 0.4) is 0 Å². The third-order valence-electron chi connectivity index (χ3n) is 1.62. The average Bonchev–Trinajstić information content (AvgIpc) is 2.30. The third-order valence-corrected chi connectivity index (χ3v) is 1.62. The second-order valence-corrected chi connectivity index (χ2v) is 2.31. The molecule has 0 amide bonds. The Labute approximate surface area is 61.9 Å². The van der Waals surface area contributed by atoms with Crippen LogP contribution in [-0.2, 0) is 6.54 Å². The average molecular weight is 137 g/mol. The maximum absolute atomic E-state index is 4.29. The molecule has 0 saturated heterocycles. The first-order chi connectivity index (χ1) is 4.77. The molecule has 0 fully saturated rings. The first-order valence-corrected chi connectivity index (χ1v) is 3.61. The van der Waals surface area contributed by atoms with Crippen molar-refractivity contribution in [1.82, 2.24) is 9.78 Å². The SMILES string of the molecule is C[CH]c1cn(CC)nc1C. The lowest BCUT2D eigenvalue weighted by atomic mass is 10.2. The summed E-state index contributed by atoms with van der Waals surface area (Å²) in [5.41, 5.74) is 2.35. The summed E-state index contributed by atoms with van der Waals surface area (Å²) in [5.74, 6) is 0. The minimum Gasteiger partial charge on any atom is -0.272 e. The summed E-state index contributed by atoms with van der Waals surface area (Å²) in [4.78, 5) is 0. The highest BCUT2D eigenvalue weighted by atomic mass is 15.3. The van der Waals surface area contributed by atoms with Crippen molar-refractivity contribution in [1.29, 1.82) is 0 Å². The van der Waals surface area contributed by atoms with Crippen molar-refractivity contribution in [2.24, 2.45) is 0 Å². The molecule has 1 rings (SSSR count). The lowest BCUT2D eigenvalue weighted by Gasteiger charge is -1.89. The van der Waals surface area contributed by atoms with Gasteiger partial charge < -0.3 is 0 Å². The van der Waals surface area contributed by atoms with Crippen molar-refractivity contribution in [2.75, 3.05) is 0 Å². The largest absolute Gasteiger partial charge is 0.272 e. The van der Waals surface area contributed by atoms with E-state index in [1.807, 2.05) is 18.5 Å². The molecule has 0 aliphatic heterocycles. The van der Waals surface area contributed by atoms with Crippen LogP contribution in [-0.4, -0.2) is 9.78 Å². The molecule has 0 aliphatic carbocycles. The first-order valence-electron chi connectivity index (χ1n) is 3.61. The normalized spacial score (nSPS) is 10.3. The van der Waals surface area contributed by atoms with Crippen LogP contribution < -0.4 is 0 Å². The standard InChI is InChI=1S/C8H13N2/c1-4-8-6-10(5-2)9-7(8)3/h4,6H,5H2,1-3H3. The predicted molar refractivity (Wildman–Crippen MR) is 41.7 cm³/mol. The predicted octanol–water partition coefficient (Wildman–Crippen LogP) is 1.78. The van der Waals surface area contributed by atoms with Gasteiger partial charge in [0.15, 0.2) is 0 Å². The van der Waals surface area contributed by atoms with Gasteiger partial charge in [-0.15, -0.1) is 0 Å². The first kappa shape index (κ1) is 7.32. The highest BCUT2D eigenvalue weighted by Gasteiger charge is 1.99. The lowest BCUT2D eigenvalue weighted by molar-refractivity contribution is 0.653. The summed E-state index contributed by atoms with van der Waals surface area (Å²) in [5, 5.41) is 4.29. The third kappa shape index (κ3) is 1.20. The van der Waals surface area contributed by atoms with E-state index in [4.69, 9.17) is 0 Å². The van der Waals surface area contributed by atoms with Crippen LogP contribution in [0.4, 0.5) is 0 Å². The maximum atomic E-state index is 4.29. The second-order valence-electron chi connectivity index (χ2n) is 2.31. The van der Waals surface area contributed by atoms with Gasteiger partial charge in [0.1, 0.15) is 0 Å². The molecule has 1 heterocycles. The zero-order valence-corrected chi connectivity index (χ0v) is 6.76. The Kier molecular flexibility index (Phi) is 2.10. The molecule has 1 aromatic heterocycles. The van der Waals surface area contributed by atoms with Crippen LogP contribution in [0.25, 0.3) is 0 Å². The molecule has 0 unspecified atom stereocenters. The van der Waals surface area contributed by atoms with Crippen molar-refractivity contribution in [3.63, 3.8) is 0 Å². The van der Waals surface area contributed by atoms with Gasteiger partial charge in [0.05, 0.1) is 5.69 Å². The molecule has 0 N–H and O–H groups in total. The summed E-state index contributed by atoms with van der Waals surface area (Å²) >= 11 is 0. The van der Waals surface area contributed by atoms with E-state index in [1.54, 1.807) is 0 Å². The van der Waals surface area contributed by atoms with Crippen molar-refractivity contribution in [3.05, 3.63) is 23.9 Å². The molecule has 1 aromatic rings. The van der Waals surface area contributed by atoms with Crippen LogP contribution in [0.1, 0.15) is 25.1 Å². The van der Waals surface area contributed by atoms with Gasteiger partial charge in [-0.05, 0) is 25.8 Å². The lowest BCUT2D eigenvalue weighted by Crippen LogP contribution is -1.93. The van der Waals surface area contributed by atoms with Crippen LogP contribution in [0, 0.1) is 13.3 Å². The summed E-state index contributed by atoms with van der Waals surface area (Å²) in [6, 6.07) is 0. The molecule has 55 valence electrons. The quantitative estimate of drug-likeness (QED) is 0.607. The number of nitrogens with zero attached hydrogens (tertiary/aromatic N) is 2. The summed E-state index contributed by atoms with van der Waals surface area (Å²) in [6.07, 6.45) is 4.14. The van der Waals surface area contributed by atoms with Gasteiger partial charge in [-0.25, -0.2) is 0 Å².